The molecule has 1 atom stereocenters. The molecule has 3 aromatic rings. The highest BCUT2D eigenvalue weighted by molar-refractivity contribution is 7.99. The van der Waals surface area contributed by atoms with Crippen molar-refractivity contribution in [3.8, 4) is 17.2 Å². The van der Waals surface area contributed by atoms with Gasteiger partial charge in [-0.05, 0) is 35.7 Å². The number of methoxy groups -OCH3 is 1. The van der Waals surface area contributed by atoms with Crippen LogP contribution in [0.1, 0.15) is 18.4 Å². The zero-order chi connectivity index (χ0) is 19.1. The van der Waals surface area contributed by atoms with Crippen molar-refractivity contribution in [2.75, 3.05) is 19.4 Å². The summed E-state index contributed by atoms with van der Waals surface area (Å²) in [6.07, 6.45) is 0. The first-order valence-electron chi connectivity index (χ1n) is 8.58. The van der Waals surface area contributed by atoms with Crippen molar-refractivity contribution in [1.29, 1.82) is 0 Å². The van der Waals surface area contributed by atoms with Crippen molar-refractivity contribution in [3.05, 3.63) is 60.2 Å². The van der Waals surface area contributed by atoms with Gasteiger partial charge in [0.15, 0.2) is 0 Å². The van der Waals surface area contributed by atoms with Gasteiger partial charge >= 0.3 is 0 Å². The van der Waals surface area contributed by atoms with Gasteiger partial charge in [0.1, 0.15) is 5.75 Å². The second kappa shape index (κ2) is 9.23. The molecule has 0 bridgehead atoms. The molecule has 1 unspecified atom stereocenters. The van der Waals surface area contributed by atoms with Gasteiger partial charge in [-0.15, -0.1) is 10.2 Å². The minimum Gasteiger partial charge on any atom is -0.497 e. The number of amides is 1. The molecule has 7 heteroatoms. The van der Waals surface area contributed by atoms with Crippen LogP contribution >= 0.6 is 11.8 Å². The average Bonchev–Trinajstić information content (AvgIpc) is 3.20. The molecule has 6 nitrogen and oxygen atoms in total. The second-order valence-corrected chi connectivity index (χ2v) is 6.93. The van der Waals surface area contributed by atoms with Crippen LogP contribution in [0.4, 0.5) is 0 Å². The van der Waals surface area contributed by atoms with E-state index in [1.165, 1.54) is 17.3 Å². The number of benzene rings is 2. The van der Waals surface area contributed by atoms with Crippen LogP contribution in [-0.2, 0) is 4.79 Å². The van der Waals surface area contributed by atoms with Gasteiger partial charge < -0.3 is 14.5 Å². The molecule has 1 amide bonds. The third kappa shape index (κ3) is 5.34. The van der Waals surface area contributed by atoms with Gasteiger partial charge in [-0.1, -0.05) is 49.0 Å². The zero-order valence-electron chi connectivity index (χ0n) is 15.2. The Morgan fingerprint density at radius 3 is 2.59 bits per heavy atom. The number of nitrogens with one attached hydrogen (secondary N) is 1. The lowest BCUT2D eigenvalue weighted by atomic mass is 10.0. The smallest absolute Gasteiger partial charge is 0.277 e. The fraction of sp³-hybridized carbons (Fsp3) is 0.250. The van der Waals surface area contributed by atoms with Crippen LogP contribution in [0, 0.1) is 0 Å². The predicted octanol–water partition coefficient (Wildman–Crippen LogP) is 3.76. The van der Waals surface area contributed by atoms with Crippen molar-refractivity contribution in [2.24, 2.45) is 0 Å². The summed E-state index contributed by atoms with van der Waals surface area (Å²) in [4.78, 5) is 12.1. The van der Waals surface area contributed by atoms with Gasteiger partial charge in [0, 0.05) is 12.1 Å². The third-order valence-corrected chi connectivity index (χ3v) is 4.86. The lowest BCUT2D eigenvalue weighted by Crippen LogP contribution is -2.28. The number of thioether (sulfide) groups is 1. The van der Waals surface area contributed by atoms with Crippen molar-refractivity contribution in [1.82, 2.24) is 15.5 Å². The Morgan fingerprint density at radius 2 is 1.89 bits per heavy atom. The van der Waals surface area contributed by atoms with Gasteiger partial charge in [-0.25, -0.2) is 0 Å². The first kappa shape index (κ1) is 19.0. The van der Waals surface area contributed by atoms with Crippen molar-refractivity contribution in [2.45, 2.75) is 18.1 Å². The fourth-order valence-corrected chi connectivity index (χ4v) is 3.06. The standard InChI is InChI=1S/C20H21N3O3S/c1-14(15-6-4-3-5-7-15)12-21-18(24)13-27-20-23-22-19(26-20)16-8-10-17(25-2)11-9-16/h3-11,14H,12-13H2,1-2H3,(H,21,24). The number of hydrogen-bond donors (Lipinski definition) is 1. The summed E-state index contributed by atoms with van der Waals surface area (Å²) in [5, 5.41) is 11.3. The number of hydrogen-bond acceptors (Lipinski definition) is 6. The molecule has 0 aliphatic carbocycles. The summed E-state index contributed by atoms with van der Waals surface area (Å²) in [5.41, 5.74) is 2.00. The Labute approximate surface area is 162 Å². The highest BCUT2D eigenvalue weighted by atomic mass is 32.2. The Balaban J connectivity index is 1.47. The summed E-state index contributed by atoms with van der Waals surface area (Å²) >= 11 is 1.22. The number of nitrogens with zero attached hydrogens (tertiary/aromatic N) is 2. The normalized spacial score (nSPS) is 11.8. The molecule has 27 heavy (non-hydrogen) atoms. The quantitative estimate of drug-likeness (QED) is 0.597. The fourth-order valence-electron chi connectivity index (χ4n) is 2.46. The number of carbonyl (C=O) groups excluding carboxylic acids is 1. The van der Waals surface area contributed by atoms with Crippen LogP contribution in [0.25, 0.3) is 11.5 Å². The van der Waals surface area contributed by atoms with E-state index < -0.39 is 0 Å². The molecular formula is C20H21N3O3S. The lowest BCUT2D eigenvalue weighted by molar-refractivity contribution is -0.118. The van der Waals surface area contributed by atoms with Crippen LogP contribution in [0.3, 0.4) is 0 Å². The first-order valence-corrected chi connectivity index (χ1v) is 9.56. The van der Waals surface area contributed by atoms with Crippen LogP contribution < -0.4 is 10.1 Å². The summed E-state index contributed by atoms with van der Waals surface area (Å²) < 4.78 is 10.7. The summed E-state index contributed by atoms with van der Waals surface area (Å²) in [6.45, 7) is 2.67. The van der Waals surface area contributed by atoms with E-state index in [-0.39, 0.29) is 17.6 Å². The minimum atomic E-state index is -0.0630. The Hall–Kier alpha value is -2.80. The molecule has 3 rings (SSSR count). The number of rotatable bonds is 8. The largest absolute Gasteiger partial charge is 0.497 e. The molecule has 0 saturated carbocycles. The van der Waals surface area contributed by atoms with E-state index >= 15 is 0 Å². The minimum absolute atomic E-state index is 0.0630. The first-order chi connectivity index (χ1) is 13.2. The van der Waals surface area contributed by atoms with Crippen LogP contribution in [-0.4, -0.2) is 35.5 Å². The van der Waals surface area contributed by atoms with Crippen LogP contribution in [0.5, 0.6) is 5.75 Å². The van der Waals surface area contributed by atoms with E-state index in [4.69, 9.17) is 9.15 Å². The van der Waals surface area contributed by atoms with E-state index in [2.05, 4.69) is 34.6 Å². The Kier molecular flexibility index (Phi) is 6.49. The van der Waals surface area contributed by atoms with E-state index in [9.17, 15) is 4.79 Å². The number of ether oxygens (including phenoxy) is 1. The van der Waals surface area contributed by atoms with Gasteiger partial charge in [0.05, 0.1) is 12.9 Å². The van der Waals surface area contributed by atoms with Crippen LogP contribution in [0.2, 0.25) is 0 Å². The van der Waals surface area contributed by atoms with E-state index in [0.717, 1.165) is 11.3 Å². The van der Waals surface area contributed by atoms with Crippen LogP contribution in [0.15, 0.2) is 64.2 Å². The Morgan fingerprint density at radius 1 is 1.15 bits per heavy atom. The lowest BCUT2D eigenvalue weighted by Gasteiger charge is -2.12. The molecule has 0 radical (unpaired) electrons. The van der Waals surface area contributed by atoms with E-state index in [1.54, 1.807) is 7.11 Å². The van der Waals surface area contributed by atoms with Gasteiger partial charge in [-0.2, -0.15) is 0 Å². The summed E-state index contributed by atoms with van der Waals surface area (Å²) in [5.74, 6) is 1.59. The van der Waals surface area contributed by atoms with E-state index in [1.807, 2.05) is 42.5 Å². The molecular weight excluding hydrogens is 362 g/mol. The maximum atomic E-state index is 12.1. The molecule has 0 fully saturated rings. The predicted molar refractivity (Wildman–Crippen MR) is 105 cm³/mol. The van der Waals surface area contributed by atoms with Crippen molar-refractivity contribution >= 4 is 17.7 Å². The topological polar surface area (TPSA) is 77.2 Å². The third-order valence-electron chi connectivity index (χ3n) is 4.04. The van der Waals surface area contributed by atoms with Crippen molar-refractivity contribution in [3.63, 3.8) is 0 Å². The van der Waals surface area contributed by atoms with Gasteiger partial charge in [-0.3, -0.25) is 4.79 Å². The summed E-state index contributed by atoms with van der Waals surface area (Å²) in [7, 11) is 1.61. The number of aromatic nitrogens is 2. The molecule has 0 aliphatic rings. The second-order valence-electron chi connectivity index (χ2n) is 6.01. The molecule has 0 spiro atoms. The summed E-state index contributed by atoms with van der Waals surface area (Å²) in [6, 6.07) is 17.4. The SMILES string of the molecule is COc1ccc(-c2nnc(SCC(=O)NCC(C)c3ccccc3)o2)cc1. The molecule has 0 aliphatic heterocycles. The average molecular weight is 383 g/mol. The Bertz CT molecular complexity index is 866. The molecule has 140 valence electrons. The molecule has 1 N–H and O–H groups in total. The molecule has 0 saturated heterocycles. The van der Waals surface area contributed by atoms with E-state index in [0.29, 0.717) is 17.7 Å². The maximum absolute atomic E-state index is 12.1. The highest BCUT2D eigenvalue weighted by Gasteiger charge is 2.12. The van der Waals surface area contributed by atoms with Crippen molar-refractivity contribution < 1.29 is 13.9 Å². The molecule has 1 aromatic heterocycles. The monoisotopic (exact) mass is 383 g/mol. The van der Waals surface area contributed by atoms with Gasteiger partial charge in [0.25, 0.3) is 5.22 Å². The molecule has 2 aromatic carbocycles. The zero-order valence-corrected chi connectivity index (χ0v) is 16.0. The maximum Gasteiger partial charge on any atom is 0.277 e. The molecule has 1 heterocycles. The highest BCUT2D eigenvalue weighted by Crippen LogP contribution is 2.24. The number of carbonyl (C=O) groups is 1. The van der Waals surface area contributed by atoms with Gasteiger partial charge in [0.2, 0.25) is 11.8 Å².